The number of nitrogens with zero attached hydrogens (tertiary/aromatic N) is 1. The Morgan fingerprint density at radius 2 is 1.47 bits per heavy atom. The summed E-state index contributed by atoms with van der Waals surface area (Å²) in [5.74, 6) is -1.01. The summed E-state index contributed by atoms with van der Waals surface area (Å²) in [5, 5.41) is 4.42. The summed E-state index contributed by atoms with van der Waals surface area (Å²) in [5.41, 5.74) is -0.500. The summed E-state index contributed by atoms with van der Waals surface area (Å²) in [6, 6.07) is 19.9. The highest BCUT2D eigenvalue weighted by molar-refractivity contribution is 6.42. The number of aromatic nitrogens is 1. The van der Waals surface area contributed by atoms with Crippen LogP contribution in [-0.4, -0.2) is 4.98 Å². The first kappa shape index (κ1) is 26.4. The van der Waals surface area contributed by atoms with Crippen molar-refractivity contribution in [1.29, 1.82) is 0 Å². The molecule has 0 spiro atoms. The van der Waals surface area contributed by atoms with Gasteiger partial charge < -0.3 is 0 Å². The molecule has 0 aliphatic rings. The van der Waals surface area contributed by atoms with Crippen LogP contribution in [0.1, 0.15) is 27.9 Å². The normalized spacial score (nSPS) is 13.4. The molecule has 4 aromatic rings. The molecule has 0 amide bonds. The molecule has 0 aliphatic heterocycles. The van der Waals surface area contributed by atoms with Gasteiger partial charge in [0.2, 0.25) is 0 Å². The third-order valence-electron chi connectivity index (χ3n) is 5.77. The summed E-state index contributed by atoms with van der Waals surface area (Å²) >= 11 is 18.3. The van der Waals surface area contributed by atoms with Crippen LogP contribution in [0, 0.1) is 5.82 Å². The average molecular weight is 554 g/mol. The molecule has 0 saturated carbocycles. The second-order valence-corrected chi connectivity index (χ2v) is 9.51. The van der Waals surface area contributed by atoms with E-state index in [1.165, 1.54) is 6.20 Å². The molecule has 1 unspecified atom stereocenters. The number of rotatable bonds is 7. The van der Waals surface area contributed by atoms with Gasteiger partial charge in [0.05, 0.1) is 31.9 Å². The van der Waals surface area contributed by atoms with Gasteiger partial charge in [-0.2, -0.15) is 13.2 Å². The van der Waals surface area contributed by atoms with E-state index in [4.69, 9.17) is 34.8 Å². The van der Waals surface area contributed by atoms with Crippen LogP contribution >= 0.6 is 34.8 Å². The second-order valence-electron chi connectivity index (χ2n) is 8.26. The molecular weight excluding hydrogens is 535 g/mol. The lowest BCUT2D eigenvalue weighted by Crippen LogP contribution is -2.46. The van der Waals surface area contributed by atoms with Crippen LogP contribution in [-0.2, 0) is 24.7 Å². The second kappa shape index (κ2) is 10.8. The van der Waals surface area contributed by atoms with Crippen LogP contribution in [0.2, 0.25) is 15.1 Å². The first-order chi connectivity index (χ1) is 17.1. The van der Waals surface area contributed by atoms with Gasteiger partial charge in [0, 0.05) is 19.2 Å². The molecule has 0 aliphatic carbocycles. The Kier molecular flexibility index (Phi) is 7.90. The lowest BCUT2D eigenvalue weighted by Gasteiger charge is -2.36. The van der Waals surface area contributed by atoms with Crippen molar-refractivity contribution in [3.05, 3.63) is 134 Å². The maximum Gasteiger partial charge on any atom is 0.416 e. The van der Waals surface area contributed by atoms with Gasteiger partial charge in [-0.25, -0.2) is 4.39 Å². The molecule has 2 nitrogen and oxygen atoms in total. The van der Waals surface area contributed by atoms with Crippen molar-refractivity contribution >= 4 is 34.8 Å². The molecule has 1 N–H and O–H groups in total. The standard InChI is InChI=1S/C27H19Cl3F4N2/c28-21-7-9-25(35-16-21)26(14-17-4-2-1-3-5-17,36-15-18-6-8-23(29)24(30)10-18)19-11-20(27(32,33)34)13-22(31)12-19/h1-13,16,36H,14-15H2. The molecule has 36 heavy (non-hydrogen) atoms. The van der Waals surface area contributed by atoms with Crippen LogP contribution in [0.15, 0.2) is 85.1 Å². The third kappa shape index (κ3) is 6.01. The van der Waals surface area contributed by atoms with Crippen molar-refractivity contribution in [1.82, 2.24) is 10.3 Å². The van der Waals surface area contributed by atoms with Crippen molar-refractivity contribution in [2.24, 2.45) is 0 Å². The fraction of sp³-hybridized carbons (Fsp3) is 0.148. The van der Waals surface area contributed by atoms with E-state index in [0.29, 0.717) is 26.8 Å². The van der Waals surface area contributed by atoms with Gasteiger partial charge in [-0.15, -0.1) is 0 Å². The topological polar surface area (TPSA) is 24.9 Å². The van der Waals surface area contributed by atoms with E-state index < -0.39 is 23.1 Å². The maximum atomic E-state index is 14.7. The van der Waals surface area contributed by atoms with Crippen LogP contribution in [0.4, 0.5) is 17.6 Å². The SMILES string of the molecule is Fc1cc(C(F)(F)F)cc(C(Cc2ccccc2)(NCc2ccc(Cl)c(Cl)c2)c2ccc(Cl)cn2)c1. The molecule has 4 rings (SSSR count). The molecule has 3 aromatic carbocycles. The zero-order valence-corrected chi connectivity index (χ0v) is 20.9. The van der Waals surface area contributed by atoms with Crippen molar-refractivity contribution in [3.63, 3.8) is 0 Å². The number of benzene rings is 3. The third-order valence-corrected chi connectivity index (χ3v) is 6.74. The summed E-state index contributed by atoms with van der Waals surface area (Å²) in [6.07, 6.45) is -3.17. The Labute approximate surface area is 220 Å². The molecule has 0 fully saturated rings. The minimum Gasteiger partial charge on any atom is -0.298 e. The van der Waals surface area contributed by atoms with Crippen molar-refractivity contribution in [2.75, 3.05) is 0 Å². The molecule has 1 atom stereocenters. The summed E-state index contributed by atoms with van der Waals surface area (Å²) < 4.78 is 55.8. The Bertz CT molecular complexity index is 1350. The summed E-state index contributed by atoms with van der Waals surface area (Å²) in [4.78, 5) is 4.44. The van der Waals surface area contributed by atoms with Crippen LogP contribution in [0.5, 0.6) is 0 Å². The molecule has 1 aromatic heterocycles. The monoisotopic (exact) mass is 552 g/mol. The molecule has 0 radical (unpaired) electrons. The predicted molar refractivity (Wildman–Crippen MR) is 135 cm³/mol. The van der Waals surface area contributed by atoms with Gasteiger partial charge in [0.1, 0.15) is 5.82 Å². The number of hydrogen-bond donors (Lipinski definition) is 1. The average Bonchev–Trinajstić information content (AvgIpc) is 2.84. The van der Waals surface area contributed by atoms with Gasteiger partial charge in [-0.1, -0.05) is 71.2 Å². The number of halogens is 7. The van der Waals surface area contributed by atoms with Gasteiger partial charge in [-0.3, -0.25) is 10.3 Å². The highest BCUT2D eigenvalue weighted by Crippen LogP contribution is 2.38. The zero-order chi connectivity index (χ0) is 25.9. The highest BCUT2D eigenvalue weighted by atomic mass is 35.5. The molecule has 186 valence electrons. The van der Waals surface area contributed by atoms with E-state index in [2.05, 4.69) is 10.3 Å². The Morgan fingerprint density at radius 1 is 0.750 bits per heavy atom. The molecule has 0 saturated heterocycles. The van der Waals surface area contributed by atoms with Crippen molar-refractivity contribution < 1.29 is 17.6 Å². The van der Waals surface area contributed by atoms with E-state index in [1.54, 1.807) is 30.3 Å². The molecule has 1 heterocycles. The largest absolute Gasteiger partial charge is 0.416 e. The van der Waals surface area contributed by atoms with E-state index in [-0.39, 0.29) is 18.5 Å². The van der Waals surface area contributed by atoms with Crippen molar-refractivity contribution in [3.8, 4) is 0 Å². The molecule has 9 heteroatoms. The first-order valence-corrected chi connectivity index (χ1v) is 11.9. The number of alkyl halides is 3. The fourth-order valence-electron chi connectivity index (χ4n) is 4.03. The maximum absolute atomic E-state index is 14.7. The Morgan fingerprint density at radius 3 is 2.11 bits per heavy atom. The molecular formula is C27H19Cl3F4N2. The number of pyridine rings is 1. The lowest BCUT2D eigenvalue weighted by atomic mass is 9.79. The molecule has 0 bridgehead atoms. The van der Waals surface area contributed by atoms with E-state index in [9.17, 15) is 17.6 Å². The van der Waals surface area contributed by atoms with Crippen LogP contribution in [0.25, 0.3) is 0 Å². The number of nitrogens with one attached hydrogen (secondary N) is 1. The first-order valence-electron chi connectivity index (χ1n) is 10.8. The number of hydrogen-bond acceptors (Lipinski definition) is 2. The quantitative estimate of drug-likeness (QED) is 0.232. The Balaban J connectivity index is 1.92. The Hall–Kier alpha value is -2.64. The van der Waals surface area contributed by atoms with Gasteiger partial charge in [0.25, 0.3) is 0 Å². The predicted octanol–water partition coefficient (Wildman–Crippen LogP) is 8.48. The lowest BCUT2D eigenvalue weighted by molar-refractivity contribution is -0.137. The highest BCUT2D eigenvalue weighted by Gasteiger charge is 2.39. The smallest absolute Gasteiger partial charge is 0.298 e. The van der Waals surface area contributed by atoms with Crippen LogP contribution in [0.3, 0.4) is 0 Å². The minimum atomic E-state index is -4.74. The van der Waals surface area contributed by atoms with Crippen LogP contribution < -0.4 is 5.32 Å². The van der Waals surface area contributed by atoms with E-state index in [1.807, 2.05) is 30.3 Å². The fourth-order valence-corrected chi connectivity index (χ4v) is 4.46. The van der Waals surface area contributed by atoms with Crippen molar-refractivity contribution in [2.45, 2.75) is 24.7 Å². The van der Waals surface area contributed by atoms with E-state index >= 15 is 0 Å². The van der Waals surface area contributed by atoms with Gasteiger partial charge in [0.15, 0.2) is 0 Å². The van der Waals surface area contributed by atoms with E-state index in [0.717, 1.165) is 23.3 Å². The zero-order valence-electron chi connectivity index (χ0n) is 18.6. The van der Waals surface area contributed by atoms with Gasteiger partial charge >= 0.3 is 6.18 Å². The summed E-state index contributed by atoms with van der Waals surface area (Å²) in [7, 11) is 0. The minimum absolute atomic E-state index is 0.0635. The van der Waals surface area contributed by atoms with Gasteiger partial charge in [-0.05, 0) is 59.2 Å². The summed E-state index contributed by atoms with van der Waals surface area (Å²) in [6.45, 7) is 0.173.